The van der Waals surface area contributed by atoms with Gasteiger partial charge in [-0.15, -0.1) is 0 Å². The molecule has 2 nitrogen and oxygen atoms in total. The van der Waals surface area contributed by atoms with Crippen molar-refractivity contribution in [1.82, 2.24) is 10.3 Å². The Bertz CT molecular complexity index is 546. The Hall–Kier alpha value is -1.67. The number of likely N-dealkylation sites (N-methyl/N-ethyl adjacent to an activating group) is 1. The molecule has 2 heteroatoms. The van der Waals surface area contributed by atoms with Crippen LogP contribution in [0.3, 0.4) is 0 Å². The number of nitrogens with zero attached hydrogens (tertiary/aromatic N) is 1. The fourth-order valence-corrected chi connectivity index (χ4v) is 2.66. The van der Waals surface area contributed by atoms with E-state index < -0.39 is 0 Å². The summed E-state index contributed by atoms with van der Waals surface area (Å²) in [5.74, 6) is 0. The minimum absolute atomic E-state index is 0.491. The summed E-state index contributed by atoms with van der Waals surface area (Å²) in [6.45, 7) is 7.45. The maximum absolute atomic E-state index is 4.53. The maximum atomic E-state index is 4.53. The monoisotopic (exact) mass is 282 g/mol. The number of aromatic nitrogens is 1. The van der Waals surface area contributed by atoms with Gasteiger partial charge < -0.3 is 5.32 Å². The van der Waals surface area contributed by atoms with E-state index in [0.717, 1.165) is 25.8 Å². The summed E-state index contributed by atoms with van der Waals surface area (Å²) >= 11 is 0. The van der Waals surface area contributed by atoms with E-state index in [1.807, 2.05) is 6.20 Å². The Labute approximate surface area is 128 Å². The number of hydrogen-bond donors (Lipinski definition) is 1. The largest absolute Gasteiger partial charge is 0.314 e. The van der Waals surface area contributed by atoms with Crippen LogP contribution in [0, 0.1) is 13.8 Å². The van der Waals surface area contributed by atoms with E-state index in [4.69, 9.17) is 0 Å². The smallest absolute Gasteiger partial charge is 0.0419 e. The maximum Gasteiger partial charge on any atom is 0.0419 e. The zero-order valence-corrected chi connectivity index (χ0v) is 13.4. The summed E-state index contributed by atoms with van der Waals surface area (Å²) in [5, 5.41) is 3.60. The highest BCUT2D eigenvalue weighted by Gasteiger charge is 2.10. The first-order chi connectivity index (χ1) is 10.2. The summed E-state index contributed by atoms with van der Waals surface area (Å²) in [6, 6.07) is 13.5. The Morgan fingerprint density at radius 2 is 1.90 bits per heavy atom. The van der Waals surface area contributed by atoms with Crippen LogP contribution in [0.5, 0.6) is 0 Å². The number of pyridine rings is 1. The van der Waals surface area contributed by atoms with Crippen molar-refractivity contribution in [2.75, 3.05) is 6.54 Å². The van der Waals surface area contributed by atoms with E-state index in [0.29, 0.717) is 6.04 Å². The Balaban J connectivity index is 1.95. The lowest BCUT2D eigenvalue weighted by Crippen LogP contribution is -2.31. The van der Waals surface area contributed by atoms with Gasteiger partial charge in [0.15, 0.2) is 0 Å². The Morgan fingerprint density at radius 1 is 1.10 bits per heavy atom. The van der Waals surface area contributed by atoms with Gasteiger partial charge in [-0.3, -0.25) is 4.98 Å². The molecule has 0 fully saturated rings. The van der Waals surface area contributed by atoms with Crippen LogP contribution < -0.4 is 5.32 Å². The molecule has 112 valence electrons. The van der Waals surface area contributed by atoms with Crippen molar-refractivity contribution in [3.05, 3.63) is 65.0 Å². The number of nitrogens with one attached hydrogen (secondary N) is 1. The summed E-state index contributed by atoms with van der Waals surface area (Å²) < 4.78 is 0. The lowest BCUT2D eigenvalue weighted by molar-refractivity contribution is 0.486. The molecule has 2 aromatic rings. The normalized spacial score (nSPS) is 12.3. The van der Waals surface area contributed by atoms with Crippen molar-refractivity contribution in [1.29, 1.82) is 0 Å². The fourth-order valence-electron chi connectivity index (χ4n) is 2.66. The first-order valence-corrected chi connectivity index (χ1v) is 7.88. The van der Waals surface area contributed by atoms with Gasteiger partial charge in [0.1, 0.15) is 0 Å². The van der Waals surface area contributed by atoms with Gasteiger partial charge in [-0.05, 0) is 56.0 Å². The van der Waals surface area contributed by atoms with Gasteiger partial charge >= 0.3 is 0 Å². The van der Waals surface area contributed by atoms with Crippen molar-refractivity contribution >= 4 is 0 Å². The molecule has 1 N–H and O–H groups in total. The summed E-state index contributed by atoms with van der Waals surface area (Å²) in [6.07, 6.45) is 5.23. The standard InChI is InChI=1S/C19H26N2/c1-4-20-18(13-19-11-9-15(2)14-21-19)12-10-17-8-6-5-7-16(17)3/h5-9,11,14,18,20H,4,10,12-13H2,1-3H3. The van der Waals surface area contributed by atoms with E-state index in [-0.39, 0.29) is 0 Å². The molecular formula is C19H26N2. The van der Waals surface area contributed by atoms with E-state index >= 15 is 0 Å². The van der Waals surface area contributed by atoms with E-state index in [1.54, 1.807) is 0 Å². The molecule has 1 aromatic heterocycles. The third-order valence-corrected chi connectivity index (χ3v) is 3.94. The summed E-state index contributed by atoms with van der Waals surface area (Å²) in [7, 11) is 0. The number of rotatable bonds is 7. The number of aryl methyl sites for hydroxylation is 3. The van der Waals surface area contributed by atoms with Crippen LogP contribution in [0.2, 0.25) is 0 Å². The molecule has 0 radical (unpaired) electrons. The molecule has 0 saturated heterocycles. The lowest BCUT2D eigenvalue weighted by atomic mass is 9.98. The van der Waals surface area contributed by atoms with Gasteiger partial charge in [0, 0.05) is 24.4 Å². The van der Waals surface area contributed by atoms with Crippen molar-refractivity contribution in [2.24, 2.45) is 0 Å². The number of hydrogen-bond acceptors (Lipinski definition) is 2. The molecule has 0 spiro atoms. The molecule has 0 amide bonds. The Kier molecular flexibility index (Phi) is 5.94. The summed E-state index contributed by atoms with van der Waals surface area (Å²) in [5.41, 5.74) is 5.24. The summed E-state index contributed by atoms with van der Waals surface area (Å²) in [4.78, 5) is 4.53. The minimum atomic E-state index is 0.491. The third-order valence-electron chi connectivity index (χ3n) is 3.94. The van der Waals surface area contributed by atoms with Crippen LogP contribution in [0.25, 0.3) is 0 Å². The quantitative estimate of drug-likeness (QED) is 0.834. The molecule has 21 heavy (non-hydrogen) atoms. The average molecular weight is 282 g/mol. The second kappa shape index (κ2) is 7.94. The zero-order valence-electron chi connectivity index (χ0n) is 13.4. The first kappa shape index (κ1) is 15.7. The van der Waals surface area contributed by atoms with Crippen LogP contribution in [-0.4, -0.2) is 17.6 Å². The highest BCUT2D eigenvalue weighted by molar-refractivity contribution is 5.25. The van der Waals surface area contributed by atoms with Crippen LogP contribution in [0.4, 0.5) is 0 Å². The molecule has 0 saturated carbocycles. The van der Waals surface area contributed by atoms with Crippen LogP contribution in [0.15, 0.2) is 42.6 Å². The van der Waals surface area contributed by atoms with Crippen molar-refractivity contribution < 1.29 is 0 Å². The molecule has 0 aliphatic rings. The van der Waals surface area contributed by atoms with E-state index in [9.17, 15) is 0 Å². The van der Waals surface area contributed by atoms with Crippen molar-refractivity contribution in [2.45, 2.75) is 46.1 Å². The Morgan fingerprint density at radius 3 is 2.57 bits per heavy atom. The van der Waals surface area contributed by atoms with Gasteiger partial charge in [-0.1, -0.05) is 37.3 Å². The predicted octanol–water partition coefficient (Wildman–Crippen LogP) is 3.85. The minimum Gasteiger partial charge on any atom is -0.314 e. The van der Waals surface area contributed by atoms with Crippen LogP contribution in [-0.2, 0) is 12.8 Å². The molecule has 0 aliphatic heterocycles. The van der Waals surface area contributed by atoms with Gasteiger partial charge in [0.25, 0.3) is 0 Å². The van der Waals surface area contributed by atoms with Gasteiger partial charge in [0.2, 0.25) is 0 Å². The van der Waals surface area contributed by atoms with Gasteiger partial charge in [0.05, 0.1) is 0 Å². The molecule has 1 unspecified atom stereocenters. The van der Waals surface area contributed by atoms with Crippen LogP contribution >= 0.6 is 0 Å². The highest BCUT2D eigenvalue weighted by atomic mass is 14.9. The predicted molar refractivity (Wildman–Crippen MR) is 89.6 cm³/mol. The molecule has 2 rings (SSSR count). The van der Waals surface area contributed by atoms with Crippen LogP contribution in [0.1, 0.15) is 35.7 Å². The van der Waals surface area contributed by atoms with Crippen molar-refractivity contribution in [3.8, 4) is 0 Å². The molecule has 1 aromatic carbocycles. The molecule has 0 aliphatic carbocycles. The molecule has 0 bridgehead atoms. The van der Waals surface area contributed by atoms with E-state index in [2.05, 4.69) is 67.5 Å². The molecule has 1 atom stereocenters. The molecule has 1 heterocycles. The zero-order chi connectivity index (χ0) is 15.1. The molecular weight excluding hydrogens is 256 g/mol. The second-order valence-corrected chi connectivity index (χ2v) is 5.75. The van der Waals surface area contributed by atoms with Gasteiger partial charge in [-0.25, -0.2) is 0 Å². The van der Waals surface area contributed by atoms with Gasteiger partial charge in [-0.2, -0.15) is 0 Å². The average Bonchev–Trinajstić information content (AvgIpc) is 2.49. The number of benzene rings is 1. The first-order valence-electron chi connectivity index (χ1n) is 7.88. The third kappa shape index (κ3) is 4.98. The fraction of sp³-hybridized carbons (Fsp3) is 0.421. The van der Waals surface area contributed by atoms with E-state index in [1.165, 1.54) is 22.4 Å². The lowest BCUT2D eigenvalue weighted by Gasteiger charge is -2.18. The topological polar surface area (TPSA) is 24.9 Å². The SMILES string of the molecule is CCNC(CCc1ccccc1C)Cc1ccc(C)cn1. The van der Waals surface area contributed by atoms with Crippen molar-refractivity contribution in [3.63, 3.8) is 0 Å². The highest BCUT2D eigenvalue weighted by Crippen LogP contribution is 2.13. The second-order valence-electron chi connectivity index (χ2n) is 5.75.